The highest BCUT2D eigenvalue weighted by Gasteiger charge is 2.17. The van der Waals surface area contributed by atoms with E-state index in [9.17, 15) is 4.79 Å². The summed E-state index contributed by atoms with van der Waals surface area (Å²) in [5.74, 6) is -0.421. The molecule has 0 aliphatic rings. The fourth-order valence-electron chi connectivity index (χ4n) is 2.50. The summed E-state index contributed by atoms with van der Waals surface area (Å²) in [5.41, 5.74) is 3.58. The molecule has 5 heteroatoms. The van der Waals surface area contributed by atoms with Gasteiger partial charge < -0.3 is 4.74 Å². The molecule has 0 saturated carbocycles. The first kappa shape index (κ1) is 17.5. The largest absolute Gasteiger partial charge is 0.462 e. The third-order valence-electron chi connectivity index (χ3n) is 3.70. The van der Waals surface area contributed by atoms with Crippen LogP contribution in [0.2, 0.25) is 10.0 Å². The van der Waals surface area contributed by atoms with Gasteiger partial charge in [0.15, 0.2) is 0 Å². The average molecular weight is 372 g/mol. The van der Waals surface area contributed by atoms with E-state index in [0.717, 1.165) is 16.8 Å². The van der Waals surface area contributed by atoms with Crippen molar-refractivity contribution >= 4 is 29.2 Å². The highest BCUT2D eigenvalue weighted by molar-refractivity contribution is 6.42. The van der Waals surface area contributed by atoms with Gasteiger partial charge in [0.2, 0.25) is 0 Å². The second-order valence-corrected chi connectivity index (χ2v) is 6.14. The SMILES string of the molecule is CCOC(=O)c1cnc(-c2ccccc2)cc1-c1ccc(Cl)c(Cl)c1. The number of hydrogen-bond donors (Lipinski definition) is 0. The maximum absolute atomic E-state index is 12.3. The van der Waals surface area contributed by atoms with Gasteiger partial charge in [0, 0.05) is 11.8 Å². The van der Waals surface area contributed by atoms with Crippen LogP contribution in [0.25, 0.3) is 22.4 Å². The first-order valence-electron chi connectivity index (χ1n) is 7.78. The molecular weight excluding hydrogens is 357 g/mol. The van der Waals surface area contributed by atoms with Gasteiger partial charge in [0.1, 0.15) is 0 Å². The van der Waals surface area contributed by atoms with Gasteiger partial charge in [-0.3, -0.25) is 4.98 Å². The third-order valence-corrected chi connectivity index (χ3v) is 4.44. The Kier molecular flexibility index (Phi) is 5.37. The van der Waals surface area contributed by atoms with E-state index in [2.05, 4.69) is 4.98 Å². The Morgan fingerprint density at radius 3 is 2.44 bits per heavy atom. The summed E-state index contributed by atoms with van der Waals surface area (Å²) in [7, 11) is 0. The molecule has 0 amide bonds. The standard InChI is InChI=1S/C20H15Cl2NO2/c1-2-25-20(24)16-12-23-19(13-6-4-3-5-7-13)11-15(16)14-8-9-17(21)18(22)10-14/h3-12H,2H2,1H3. The Morgan fingerprint density at radius 2 is 1.76 bits per heavy atom. The van der Waals surface area contributed by atoms with Gasteiger partial charge in [-0.25, -0.2) is 4.79 Å². The number of esters is 1. The van der Waals surface area contributed by atoms with Crippen LogP contribution in [-0.4, -0.2) is 17.6 Å². The summed E-state index contributed by atoms with van der Waals surface area (Å²) >= 11 is 12.2. The van der Waals surface area contributed by atoms with Crippen molar-refractivity contribution in [1.82, 2.24) is 4.98 Å². The number of nitrogens with zero attached hydrogens (tertiary/aromatic N) is 1. The van der Waals surface area contributed by atoms with E-state index >= 15 is 0 Å². The zero-order chi connectivity index (χ0) is 17.8. The summed E-state index contributed by atoms with van der Waals surface area (Å²) in [5, 5.41) is 0.882. The maximum atomic E-state index is 12.3. The van der Waals surface area contributed by atoms with Crippen molar-refractivity contribution in [1.29, 1.82) is 0 Å². The molecule has 0 unspecified atom stereocenters. The summed E-state index contributed by atoms with van der Waals surface area (Å²) in [6, 6.07) is 16.9. The zero-order valence-electron chi connectivity index (χ0n) is 13.5. The van der Waals surface area contributed by atoms with Gasteiger partial charge in [-0.2, -0.15) is 0 Å². The van der Waals surface area contributed by atoms with E-state index in [4.69, 9.17) is 27.9 Å². The van der Waals surface area contributed by atoms with Crippen LogP contribution in [0.1, 0.15) is 17.3 Å². The van der Waals surface area contributed by atoms with E-state index in [-0.39, 0.29) is 0 Å². The number of benzene rings is 2. The van der Waals surface area contributed by atoms with E-state index < -0.39 is 5.97 Å². The molecule has 126 valence electrons. The molecule has 0 atom stereocenters. The van der Waals surface area contributed by atoms with Crippen molar-refractivity contribution in [2.24, 2.45) is 0 Å². The molecular formula is C20H15Cl2NO2. The molecule has 0 aliphatic carbocycles. The van der Waals surface area contributed by atoms with Crippen LogP contribution >= 0.6 is 23.2 Å². The fourth-order valence-corrected chi connectivity index (χ4v) is 2.79. The van der Waals surface area contributed by atoms with Crippen LogP contribution in [-0.2, 0) is 4.74 Å². The lowest BCUT2D eigenvalue weighted by atomic mass is 9.99. The van der Waals surface area contributed by atoms with Crippen molar-refractivity contribution in [3.63, 3.8) is 0 Å². The first-order chi connectivity index (χ1) is 12.1. The lowest BCUT2D eigenvalue weighted by molar-refractivity contribution is 0.0527. The summed E-state index contributed by atoms with van der Waals surface area (Å²) in [4.78, 5) is 16.7. The fraction of sp³-hybridized carbons (Fsp3) is 0.100. The quantitative estimate of drug-likeness (QED) is 0.536. The van der Waals surface area contributed by atoms with Gasteiger partial charge in [-0.15, -0.1) is 0 Å². The molecule has 2 aromatic carbocycles. The van der Waals surface area contributed by atoms with Crippen LogP contribution in [0, 0.1) is 0 Å². The normalized spacial score (nSPS) is 10.5. The van der Waals surface area contributed by atoms with E-state index in [1.165, 1.54) is 6.20 Å². The Bertz CT molecular complexity index is 911. The van der Waals surface area contributed by atoms with Crippen LogP contribution in [0.3, 0.4) is 0 Å². The number of hydrogen-bond acceptors (Lipinski definition) is 3. The summed E-state index contributed by atoms with van der Waals surface area (Å²) < 4.78 is 5.15. The molecule has 3 aromatic rings. The molecule has 1 aromatic heterocycles. The molecule has 0 bridgehead atoms. The van der Waals surface area contributed by atoms with Crippen molar-refractivity contribution in [3.05, 3.63) is 76.4 Å². The zero-order valence-corrected chi connectivity index (χ0v) is 15.0. The molecule has 0 N–H and O–H groups in total. The third kappa shape index (κ3) is 3.84. The predicted molar refractivity (Wildman–Crippen MR) is 101 cm³/mol. The predicted octanol–water partition coefficient (Wildman–Crippen LogP) is 5.90. The molecule has 3 rings (SSSR count). The number of rotatable bonds is 4. The van der Waals surface area contributed by atoms with Gasteiger partial charge in [-0.05, 0) is 36.2 Å². The smallest absolute Gasteiger partial charge is 0.340 e. The lowest BCUT2D eigenvalue weighted by Crippen LogP contribution is -2.07. The van der Waals surface area contributed by atoms with Crippen LogP contribution in [0.15, 0.2) is 60.8 Å². The molecule has 3 nitrogen and oxygen atoms in total. The number of pyridine rings is 1. The average Bonchev–Trinajstić information content (AvgIpc) is 2.64. The van der Waals surface area contributed by atoms with Crippen molar-refractivity contribution in [3.8, 4) is 22.4 Å². The first-order valence-corrected chi connectivity index (χ1v) is 8.53. The minimum atomic E-state index is -0.421. The number of ether oxygens (including phenoxy) is 1. The molecule has 0 aliphatic heterocycles. The van der Waals surface area contributed by atoms with Gasteiger partial charge in [0.25, 0.3) is 0 Å². The summed E-state index contributed by atoms with van der Waals surface area (Å²) in [6.07, 6.45) is 1.54. The summed E-state index contributed by atoms with van der Waals surface area (Å²) in [6.45, 7) is 2.06. The van der Waals surface area contributed by atoms with E-state index in [0.29, 0.717) is 27.8 Å². The second kappa shape index (κ2) is 7.68. The highest BCUT2D eigenvalue weighted by Crippen LogP contribution is 2.32. The second-order valence-electron chi connectivity index (χ2n) is 5.33. The number of halogens is 2. The van der Waals surface area contributed by atoms with Crippen molar-refractivity contribution in [2.45, 2.75) is 6.92 Å². The molecule has 0 fully saturated rings. The topological polar surface area (TPSA) is 39.2 Å². The van der Waals surface area contributed by atoms with Crippen molar-refractivity contribution in [2.75, 3.05) is 6.61 Å². The number of carbonyl (C=O) groups excluding carboxylic acids is 1. The maximum Gasteiger partial charge on any atom is 0.340 e. The Balaban J connectivity index is 2.17. The Hall–Kier alpha value is -2.36. The molecule has 1 heterocycles. The lowest BCUT2D eigenvalue weighted by Gasteiger charge is -2.12. The van der Waals surface area contributed by atoms with Gasteiger partial charge >= 0.3 is 5.97 Å². The van der Waals surface area contributed by atoms with E-state index in [1.54, 1.807) is 19.1 Å². The minimum Gasteiger partial charge on any atom is -0.462 e. The molecule has 0 spiro atoms. The van der Waals surface area contributed by atoms with Crippen LogP contribution in [0.4, 0.5) is 0 Å². The highest BCUT2D eigenvalue weighted by atomic mass is 35.5. The Labute approximate surface area is 156 Å². The number of aromatic nitrogens is 1. The monoisotopic (exact) mass is 371 g/mol. The minimum absolute atomic E-state index is 0.292. The molecule has 0 radical (unpaired) electrons. The molecule has 0 saturated heterocycles. The number of carbonyl (C=O) groups is 1. The Morgan fingerprint density at radius 1 is 1.00 bits per heavy atom. The molecule has 25 heavy (non-hydrogen) atoms. The van der Waals surface area contributed by atoms with Gasteiger partial charge in [0.05, 0.1) is 27.9 Å². The van der Waals surface area contributed by atoms with Gasteiger partial charge in [-0.1, -0.05) is 59.6 Å². The van der Waals surface area contributed by atoms with Crippen LogP contribution in [0.5, 0.6) is 0 Å². The van der Waals surface area contributed by atoms with Crippen LogP contribution < -0.4 is 0 Å². The van der Waals surface area contributed by atoms with Crippen molar-refractivity contribution < 1.29 is 9.53 Å². The van der Waals surface area contributed by atoms with E-state index in [1.807, 2.05) is 42.5 Å².